The maximum absolute atomic E-state index is 14.1. The van der Waals surface area contributed by atoms with Gasteiger partial charge in [0.15, 0.2) is 0 Å². The summed E-state index contributed by atoms with van der Waals surface area (Å²) in [6.45, 7) is -1.54. The van der Waals surface area contributed by atoms with Crippen molar-refractivity contribution in [2.75, 3.05) is 13.2 Å². The number of amides is 3. The van der Waals surface area contributed by atoms with E-state index in [0.717, 1.165) is 11.4 Å². The fourth-order valence-electron chi connectivity index (χ4n) is 10.3. The van der Waals surface area contributed by atoms with Gasteiger partial charge in [-0.3, -0.25) is 24.7 Å². The van der Waals surface area contributed by atoms with Crippen LogP contribution in [-0.2, 0) is 19.1 Å². The van der Waals surface area contributed by atoms with Crippen LogP contribution in [0.15, 0.2) is 0 Å². The molecule has 0 aromatic carbocycles. The van der Waals surface area contributed by atoms with Crippen molar-refractivity contribution in [3.63, 3.8) is 0 Å². The van der Waals surface area contributed by atoms with Crippen LogP contribution in [0.3, 0.4) is 0 Å². The molecule has 7 rings (SSSR count). The summed E-state index contributed by atoms with van der Waals surface area (Å²) < 4.78 is 6.08. The van der Waals surface area contributed by atoms with Gasteiger partial charge in [-0.15, -0.1) is 0 Å². The van der Waals surface area contributed by atoms with E-state index in [1.54, 1.807) is 0 Å². The van der Waals surface area contributed by atoms with Gasteiger partial charge in [0.2, 0.25) is 0 Å². The predicted molar refractivity (Wildman–Crippen MR) is 142 cm³/mol. The second-order valence-corrected chi connectivity index (χ2v) is 13.6. The van der Waals surface area contributed by atoms with Crippen LogP contribution < -0.4 is 10.7 Å². The molecule has 0 bridgehead atoms. The van der Waals surface area contributed by atoms with Crippen LogP contribution in [0.2, 0.25) is 0 Å². The molecule has 15 nitrogen and oxygen atoms in total. The highest BCUT2D eigenvalue weighted by molar-refractivity contribution is 6.07. The lowest BCUT2D eigenvalue weighted by molar-refractivity contribution is -0.278. The van der Waals surface area contributed by atoms with Crippen LogP contribution >= 0.6 is 0 Å². The molecule has 9 N–H and O–H groups in total. The molecule has 0 aromatic heterocycles. The molecule has 43 heavy (non-hydrogen) atoms. The fraction of sp³-hybridized carbons (Fsp3) is 0.893. The first kappa shape index (κ1) is 29.9. The number of fused-ring (bicyclic) bond motifs is 10. The zero-order valence-electron chi connectivity index (χ0n) is 23.6. The molecular weight excluding hydrogens is 568 g/mol. The van der Waals surface area contributed by atoms with E-state index in [1.165, 1.54) is 0 Å². The number of rotatable bonds is 4. The molecule has 240 valence electrons. The lowest BCUT2D eigenvalue weighted by Crippen LogP contribution is -2.69. The summed E-state index contributed by atoms with van der Waals surface area (Å²) in [4.78, 5) is 42.1. The van der Waals surface area contributed by atoms with Gasteiger partial charge < -0.3 is 45.8 Å². The quantitative estimate of drug-likeness (QED) is 0.137. The Labute approximate surface area is 247 Å². The number of nitrogens with zero attached hydrogens (tertiary/aromatic N) is 2. The molecule has 3 amide bonds. The number of hydrogen-bond acceptors (Lipinski definition) is 13. The van der Waals surface area contributed by atoms with Gasteiger partial charge in [0.1, 0.15) is 37.3 Å². The number of hydrazine groups is 1. The molecule has 15 heteroatoms. The highest BCUT2D eigenvalue weighted by Crippen LogP contribution is 2.61. The van der Waals surface area contributed by atoms with Crippen molar-refractivity contribution in [3.05, 3.63) is 0 Å². The van der Waals surface area contributed by atoms with E-state index >= 15 is 0 Å². The van der Waals surface area contributed by atoms with Crippen molar-refractivity contribution < 1.29 is 54.9 Å². The van der Waals surface area contributed by atoms with Gasteiger partial charge in [0.25, 0.3) is 17.7 Å². The minimum Gasteiger partial charge on any atom is -0.394 e. The zero-order valence-corrected chi connectivity index (χ0v) is 23.6. The summed E-state index contributed by atoms with van der Waals surface area (Å²) in [5, 5.41) is 78.7. The van der Waals surface area contributed by atoms with Crippen molar-refractivity contribution in [2.45, 2.75) is 106 Å². The third kappa shape index (κ3) is 4.20. The molecule has 3 saturated carbocycles. The number of imide groups is 1. The Balaban J connectivity index is 1.37. The van der Waals surface area contributed by atoms with Crippen LogP contribution in [0.5, 0.6) is 0 Å². The Bertz CT molecular complexity index is 1140. The van der Waals surface area contributed by atoms with Gasteiger partial charge in [-0.25, -0.2) is 0 Å². The van der Waals surface area contributed by atoms with Gasteiger partial charge in [-0.2, -0.15) is 5.01 Å². The topological polar surface area (TPSA) is 233 Å². The van der Waals surface area contributed by atoms with Crippen LogP contribution in [-0.4, -0.2) is 144 Å². The number of nitrogens with one attached hydrogen (secondary N) is 2. The Morgan fingerprint density at radius 3 is 2.14 bits per heavy atom. The standard InChI is InChI=1S/C28H42N4O11/c33-7-13-23(38)24(39)25(40)28(43-13)31-21-10(4-2-6-12(21)36)16-18-17(26(41)32(27(18)42)30-14(37)8-34)15-9-3-1-5-11(35)19(9)29-20(15)22(16)31/h9-13,15-25,28-29,33-36,38-40H,1-8H2,(H,30,37). The predicted octanol–water partition coefficient (Wildman–Crippen LogP) is -4.63. The summed E-state index contributed by atoms with van der Waals surface area (Å²) in [5.41, 5.74) is 2.27. The number of hydrogen-bond donors (Lipinski definition) is 9. The summed E-state index contributed by atoms with van der Waals surface area (Å²) in [7, 11) is 0. The molecule has 7 aliphatic rings. The van der Waals surface area contributed by atoms with E-state index in [4.69, 9.17) is 4.74 Å². The molecule has 4 saturated heterocycles. The highest BCUT2D eigenvalue weighted by atomic mass is 16.6. The molecule has 0 spiro atoms. The van der Waals surface area contributed by atoms with Crippen molar-refractivity contribution >= 4 is 17.7 Å². The lowest BCUT2D eigenvalue weighted by atomic mass is 9.57. The smallest absolute Gasteiger partial charge is 0.264 e. The average Bonchev–Trinajstić information content (AvgIpc) is 3.62. The second-order valence-electron chi connectivity index (χ2n) is 13.6. The number of carbonyl (C=O) groups excluding carboxylic acids is 3. The summed E-state index contributed by atoms with van der Waals surface area (Å²) >= 11 is 0. The minimum absolute atomic E-state index is 0.170. The molecular formula is C28H42N4O11. The van der Waals surface area contributed by atoms with Gasteiger partial charge >= 0.3 is 0 Å². The second kappa shape index (κ2) is 10.9. The number of ether oxygens (including phenoxy) is 1. The molecule has 17 atom stereocenters. The normalized spacial score (nSPS) is 52.7. The van der Waals surface area contributed by atoms with Crippen LogP contribution in [0.1, 0.15) is 38.5 Å². The lowest BCUT2D eigenvalue weighted by Gasteiger charge is -2.51. The third-order valence-corrected chi connectivity index (χ3v) is 11.8. The van der Waals surface area contributed by atoms with Crippen molar-refractivity contribution in [1.82, 2.24) is 20.7 Å². The number of carbonyl (C=O) groups is 3. The van der Waals surface area contributed by atoms with Gasteiger partial charge in [-0.1, -0.05) is 12.8 Å². The Hall–Kier alpha value is -1.79. The largest absolute Gasteiger partial charge is 0.394 e. The molecule has 7 fully saturated rings. The number of aliphatic hydroxyl groups excluding tert-OH is 7. The highest BCUT2D eigenvalue weighted by Gasteiger charge is 2.73. The van der Waals surface area contributed by atoms with E-state index in [0.29, 0.717) is 32.1 Å². The zero-order chi connectivity index (χ0) is 30.5. The molecule has 0 radical (unpaired) electrons. The van der Waals surface area contributed by atoms with Gasteiger partial charge in [0.05, 0.1) is 30.7 Å². The van der Waals surface area contributed by atoms with Gasteiger partial charge in [-0.05, 0) is 49.4 Å². The van der Waals surface area contributed by atoms with Crippen LogP contribution in [0, 0.1) is 35.5 Å². The first-order valence-electron chi connectivity index (χ1n) is 15.6. The molecule has 4 heterocycles. The van der Waals surface area contributed by atoms with Crippen molar-refractivity contribution in [1.29, 1.82) is 0 Å². The van der Waals surface area contributed by atoms with E-state index < -0.39 is 116 Å². The van der Waals surface area contributed by atoms with Gasteiger partial charge in [0, 0.05) is 24.2 Å². The Morgan fingerprint density at radius 1 is 0.814 bits per heavy atom. The van der Waals surface area contributed by atoms with E-state index in [2.05, 4.69) is 10.7 Å². The van der Waals surface area contributed by atoms with Crippen LogP contribution in [0.25, 0.3) is 0 Å². The summed E-state index contributed by atoms with van der Waals surface area (Å²) in [6.07, 6.45) is -5.15. The SMILES string of the molecule is O=C(CO)NN1C(=O)C2C(C1=O)C1C3CCCC(O)C3N(C3OC(CO)C(O)C(O)C3O)C1C1NC3C(O)CCCC3C12. The van der Waals surface area contributed by atoms with Crippen molar-refractivity contribution in [2.24, 2.45) is 35.5 Å². The summed E-state index contributed by atoms with van der Waals surface area (Å²) in [6, 6.07) is -2.08. The first-order valence-corrected chi connectivity index (χ1v) is 15.6. The maximum Gasteiger partial charge on any atom is 0.264 e. The first-order chi connectivity index (χ1) is 20.6. The maximum atomic E-state index is 14.1. The third-order valence-electron chi connectivity index (χ3n) is 11.8. The number of likely N-dealkylation sites (tertiary alicyclic amines) is 1. The fourth-order valence-corrected chi connectivity index (χ4v) is 10.3. The Kier molecular flexibility index (Phi) is 7.60. The molecule has 4 aliphatic heterocycles. The monoisotopic (exact) mass is 610 g/mol. The molecule has 0 aromatic rings. The van der Waals surface area contributed by atoms with Crippen LogP contribution in [0.4, 0.5) is 0 Å². The number of aliphatic hydroxyl groups is 7. The van der Waals surface area contributed by atoms with E-state index in [1.807, 2.05) is 4.90 Å². The average molecular weight is 611 g/mol. The van der Waals surface area contributed by atoms with E-state index in [-0.39, 0.29) is 17.9 Å². The van der Waals surface area contributed by atoms with E-state index in [9.17, 15) is 50.1 Å². The molecule has 3 aliphatic carbocycles. The Morgan fingerprint density at radius 2 is 1.47 bits per heavy atom. The summed E-state index contributed by atoms with van der Waals surface area (Å²) in [5.74, 6) is -5.23. The minimum atomic E-state index is -1.65. The van der Waals surface area contributed by atoms with Crippen molar-refractivity contribution in [3.8, 4) is 0 Å². The molecule has 17 unspecified atom stereocenters.